The van der Waals surface area contributed by atoms with E-state index in [-0.39, 0.29) is 17.2 Å². The molecular weight excluding hydrogens is 374 g/mol. The van der Waals surface area contributed by atoms with Crippen LogP contribution in [0.4, 0.5) is 0 Å². The Kier molecular flexibility index (Phi) is 6.61. The van der Waals surface area contributed by atoms with E-state index in [1.54, 1.807) is 7.11 Å². The molecule has 152 valence electrons. The lowest BCUT2D eigenvalue weighted by Crippen LogP contribution is -2.32. The number of thioether (sulfide) groups is 1. The molecule has 0 unspecified atom stereocenters. The Morgan fingerprint density at radius 3 is 2.54 bits per heavy atom. The van der Waals surface area contributed by atoms with Crippen molar-refractivity contribution < 1.29 is 9.53 Å². The number of amides is 1. The Hall–Kier alpha value is -2.06. The second-order valence-corrected chi connectivity index (χ2v) is 8.61. The number of aromatic nitrogens is 3. The molecule has 1 N–H and O–H groups in total. The van der Waals surface area contributed by atoms with Gasteiger partial charge in [-0.2, -0.15) is 0 Å². The zero-order chi connectivity index (χ0) is 20.3. The first-order valence-corrected chi connectivity index (χ1v) is 10.6. The van der Waals surface area contributed by atoms with Crippen LogP contribution in [0, 0.1) is 0 Å². The van der Waals surface area contributed by atoms with Crippen molar-refractivity contribution in [3.05, 3.63) is 30.1 Å². The van der Waals surface area contributed by atoms with E-state index in [2.05, 4.69) is 31.9 Å². The van der Waals surface area contributed by atoms with Crippen molar-refractivity contribution in [2.75, 3.05) is 21.2 Å². The molecule has 2 aromatic rings. The number of benzene rings is 1. The summed E-state index contributed by atoms with van der Waals surface area (Å²) in [6.45, 7) is 4.05. The van der Waals surface area contributed by atoms with Crippen molar-refractivity contribution in [3.8, 4) is 11.4 Å². The maximum Gasteiger partial charge on any atom is 0.233 e. The first-order valence-electron chi connectivity index (χ1n) is 9.67. The molecule has 2 atom stereocenters. The average molecular weight is 404 g/mol. The van der Waals surface area contributed by atoms with Gasteiger partial charge < -0.3 is 10.1 Å². The summed E-state index contributed by atoms with van der Waals surface area (Å²) in [6, 6.07) is 8.31. The highest BCUT2D eigenvalue weighted by atomic mass is 32.2. The number of nitrogens with one attached hydrogen (secondary N) is 1. The van der Waals surface area contributed by atoms with Crippen LogP contribution in [0.5, 0.6) is 5.75 Å². The third kappa shape index (κ3) is 4.67. The maximum absolute atomic E-state index is 12.4. The Morgan fingerprint density at radius 1 is 1.32 bits per heavy atom. The fraction of sp³-hybridized carbons (Fsp3) is 0.550. The van der Waals surface area contributed by atoms with Gasteiger partial charge in [0.15, 0.2) is 11.0 Å². The number of methoxy groups -OCH3 is 1. The predicted molar refractivity (Wildman–Crippen MR) is 111 cm³/mol. The molecule has 1 aromatic heterocycles. The lowest BCUT2D eigenvalue weighted by atomic mass is 10.2. The van der Waals surface area contributed by atoms with E-state index in [4.69, 9.17) is 4.74 Å². The van der Waals surface area contributed by atoms with Crippen molar-refractivity contribution in [3.63, 3.8) is 0 Å². The van der Waals surface area contributed by atoms with Gasteiger partial charge in [-0.15, -0.1) is 10.2 Å². The van der Waals surface area contributed by atoms with Crippen LogP contribution in [0.3, 0.4) is 0 Å². The van der Waals surface area contributed by atoms with Crippen molar-refractivity contribution in [2.45, 2.75) is 55.6 Å². The van der Waals surface area contributed by atoms with Gasteiger partial charge in [-0.3, -0.25) is 14.3 Å². The summed E-state index contributed by atoms with van der Waals surface area (Å²) in [6.07, 6.45) is 3.07. The Labute approximate surface area is 170 Å². The summed E-state index contributed by atoms with van der Waals surface area (Å²) in [4.78, 5) is 14.6. The standard InChI is InChI=1S/C20H29N5O2S/c1-6-17(24(3)4)18-22-23-20(28-13(2)19(26)21-14-7-8-14)25(18)15-9-11-16(27-5)12-10-15/h9-14,17H,6-8H2,1-5H3,(H,21,26)/t13-,17+/m1/s1. The molecule has 1 aliphatic rings. The summed E-state index contributed by atoms with van der Waals surface area (Å²) in [5.41, 5.74) is 0.957. The quantitative estimate of drug-likeness (QED) is 0.649. The minimum atomic E-state index is -0.242. The van der Waals surface area contributed by atoms with E-state index in [1.807, 2.05) is 45.3 Å². The molecule has 3 rings (SSSR count). The van der Waals surface area contributed by atoms with Crippen molar-refractivity contribution >= 4 is 17.7 Å². The number of hydrogen-bond donors (Lipinski definition) is 1. The van der Waals surface area contributed by atoms with Gasteiger partial charge in [0, 0.05) is 11.7 Å². The average Bonchev–Trinajstić information content (AvgIpc) is 3.41. The molecule has 0 radical (unpaired) electrons. The topological polar surface area (TPSA) is 72.3 Å². The summed E-state index contributed by atoms with van der Waals surface area (Å²) < 4.78 is 7.34. The number of hydrogen-bond acceptors (Lipinski definition) is 6. The number of rotatable bonds is 9. The number of nitrogens with zero attached hydrogens (tertiary/aromatic N) is 4. The summed E-state index contributed by atoms with van der Waals surface area (Å²) in [5.74, 6) is 1.72. The molecule has 1 fully saturated rings. The SMILES string of the molecule is CC[C@@H](c1nnc(S[C@H](C)C(=O)NC2CC2)n1-c1ccc(OC)cc1)N(C)C. The molecule has 0 aliphatic heterocycles. The maximum atomic E-state index is 12.4. The first kappa shape index (κ1) is 20.7. The molecule has 1 saturated carbocycles. The lowest BCUT2D eigenvalue weighted by molar-refractivity contribution is -0.120. The monoisotopic (exact) mass is 403 g/mol. The highest BCUT2D eigenvalue weighted by Crippen LogP contribution is 2.31. The number of carbonyl (C=O) groups excluding carboxylic acids is 1. The Balaban J connectivity index is 1.94. The smallest absolute Gasteiger partial charge is 0.233 e. The van der Waals surface area contributed by atoms with Gasteiger partial charge in [0.25, 0.3) is 0 Å². The minimum Gasteiger partial charge on any atom is -0.497 e. The molecule has 0 spiro atoms. The van der Waals surface area contributed by atoms with Crippen LogP contribution in [-0.2, 0) is 4.79 Å². The van der Waals surface area contributed by atoms with Crippen LogP contribution in [-0.4, -0.2) is 58.1 Å². The van der Waals surface area contributed by atoms with Crippen molar-refractivity contribution in [2.24, 2.45) is 0 Å². The minimum absolute atomic E-state index is 0.0537. The Bertz CT molecular complexity index is 801. The molecule has 1 aromatic carbocycles. The molecular formula is C20H29N5O2S. The zero-order valence-electron chi connectivity index (χ0n) is 17.2. The van der Waals surface area contributed by atoms with Crippen LogP contribution in [0.25, 0.3) is 5.69 Å². The van der Waals surface area contributed by atoms with Crippen LogP contribution in [0.2, 0.25) is 0 Å². The molecule has 0 saturated heterocycles. The molecule has 7 nitrogen and oxygen atoms in total. The Morgan fingerprint density at radius 2 is 2.00 bits per heavy atom. The van der Waals surface area contributed by atoms with E-state index in [1.165, 1.54) is 11.8 Å². The largest absolute Gasteiger partial charge is 0.497 e. The molecule has 8 heteroatoms. The fourth-order valence-corrected chi connectivity index (χ4v) is 3.97. The number of carbonyl (C=O) groups is 1. The van der Waals surface area contributed by atoms with Gasteiger partial charge in [-0.1, -0.05) is 18.7 Å². The van der Waals surface area contributed by atoms with E-state index in [0.29, 0.717) is 6.04 Å². The van der Waals surface area contributed by atoms with Crippen LogP contribution in [0.15, 0.2) is 29.4 Å². The van der Waals surface area contributed by atoms with Gasteiger partial charge in [-0.25, -0.2) is 0 Å². The van der Waals surface area contributed by atoms with Gasteiger partial charge in [0.1, 0.15) is 5.75 Å². The second-order valence-electron chi connectivity index (χ2n) is 7.30. The number of ether oxygens (including phenoxy) is 1. The summed E-state index contributed by atoms with van der Waals surface area (Å²) >= 11 is 1.44. The van der Waals surface area contributed by atoms with Gasteiger partial charge in [-0.05, 0) is 64.5 Å². The van der Waals surface area contributed by atoms with Crippen LogP contribution in [0.1, 0.15) is 45.0 Å². The van der Waals surface area contributed by atoms with Crippen molar-refractivity contribution in [1.29, 1.82) is 0 Å². The molecule has 0 bridgehead atoms. The molecule has 28 heavy (non-hydrogen) atoms. The first-order chi connectivity index (χ1) is 13.4. The van der Waals surface area contributed by atoms with E-state index >= 15 is 0 Å². The highest BCUT2D eigenvalue weighted by molar-refractivity contribution is 8.00. The van der Waals surface area contributed by atoms with E-state index in [9.17, 15) is 4.79 Å². The highest BCUT2D eigenvalue weighted by Gasteiger charge is 2.28. The molecule has 1 amide bonds. The lowest BCUT2D eigenvalue weighted by Gasteiger charge is -2.23. The fourth-order valence-electron chi connectivity index (χ4n) is 3.08. The second kappa shape index (κ2) is 8.96. The van der Waals surface area contributed by atoms with E-state index in [0.717, 1.165) is 41.7 Å². The zero-order valence-corrected chi connectivity index (χ0v) is 18.0. The normalized spacial score (nSPS) is 16.1. The molecule has 1 aliphatic carbocycles. The summed E-state index contributed by atoms with van der Waals surface area (Å²) in [5, 5.41) is 12.5. The van der Waals surface area contributed by atoms with E-state index < -0.39 is 0 Å². The van der Waals surface area contributed by atoms with Crippen molar-refractivity contribution in [1.82, 2.24) is 25.0 Å². The van der Waals surface area contributed by atoms with Gasteiger partial charge in [0.05, 0.1) is 18.4 Å². The predicted octanol–water partition coefficient (Wildman–Crippen LogP) is 3.05. The van der Waals surface area contributed by atoms with Crippen LogP contribution < -0.4 is 10.1 Å². The third-order valence-corrected chi connectivity index (χ3v) is 5.91. The van der Waals surface area contributed by atoms with Crippen LogP contribution >= 0.6 is 11.8 Å². The van der Waals surface area contributed by atoms with Gasteiger partial charge in [0.2, 0.25) is 5.91 Å². The molecule has 1 heterocycles. The summed E-state index contributed by atoms with van der Waals surface area (Å²) in [7, 11) is 5.74. The third-order valence-electron chi connectivity index (χ3n) is 4.87. The van der Waals surface area contributed by atoms with Gasteiger partial charge >= 0.3 is 0 Å².